The predicted molar refractivity (Wildman–Crippen MR) is 85.4 cm³/mol. The van der Waals surface area contributed by atoms with Crippen LogP contribution < -0.4 is 10.5 Å². The number of thiophene rings is 1. The third-order valence-electron chi connectivity index (χ3n) is 2.83. The Balaban J connectivity index is 2.08. The fourth-order valence-electron chi connectivity index (χ4n) is 1.91. The third-order valence-corrected chi connectivity index (χ3v) is 4.46. The number of hydrogen-bond acceptors (Lipinski definition) is 5. The van der Waals surface area contributed by atoms with E-state index in [1.54, 1.807) is 17.4 Å². The lowest BCUT2D eigenvalue weighted by atomic mass is 10.3. The number of hydrogen-bond donors (Lipinski definition) is 1. The number of benzene rings is 1. The second kappa shape index (κ2) is 5.57. The highest BCUT2D eigenvalue weighted by Gasteiger charge is 2.13. The number of nitrogens with zero attached hydrogens (tertiary/aromatic N) is 2. The molecule has 2 aromatic heterocycles. The maximum Gasteiger partial charge on any atom is 0.232 e. The number of anilines is 1. The van der Waals surface area contributed by atoms with Gasteiger partial charge in [-0.25, -0.2) is 9.37 Å². The summed E-state index contributed by atoms with van der Waals surface area (Å²) in [5.74, 6) is 0.436. The molecule has 2 heterocycles. The molecule has 0 bridgehead atoms. The van der Waals surface area contributed by atoms with Gasteiger partial charge in [0.1, 0.15) is 16.4 Å². The van der Waals surface area contributed by atoms with E-state index >= 15 is 0 Å². The first-order valence-corrected chi connectivity index (χ1v) is 7.86. The fraction of sp³-hybridized carbons (Fsp3) is 0.143. The van der Waals surface area contributed by atoms with E-state index in [0.717, 1.165) is 21.5 Å². The van der Waals surface area contributed by atoms with E-state index in [-0.39, 0.29) is 5.95 Å². The van der Waals surface area contributed by atoms with Crippen LogP contribution in [0.25, 0.3) is 10.2 Å². The molecule has 0 fully saturated rings. The van der Waals surface area contributed by atoms with Gasteiger partial charge >= 0.3 is 0 Å². The number of aryl methyl sites for hydroxylation is 1. The quantitative estimate of drug-likeness (QED) is 0.738. The summed E-state index contributed by atoms with van der Waals surface area (Å²) >= 11 is 4.78. The first-order valence-electron chi connectivity index (χ1n) is 6.25. The minimum absolute atomic E-state index is 0.137. The molecular weight excluding hydrogens is 357 g/mol. The molecule has 0 atom stereocenters. The van der Waals surface area contributed by atoms with E-state index in [9.17, 15) is 4.39 Å². The molecule has 1 aromatic carbocycles. The molecule has 0 amide bonds. The molecule has 21 heavy (non-hydrogen) atoms. The van der Waals surface area contributed by atoms with E-state index in [0.29, 0.717) is 16.1 Å². The maximum absolute atomic E-state index is 13.4. The molecule has 7 heteroatoms. The number of ether oxygens (including phenoxy) is 1. The second-order valence-electron chi connectivity index (χ2n) is 4.38. The topological polar surface area (TPSA) is 61.0 Å². The highest BCUT2D eigenvalue weighted by atomic mass is 79.9. The third kappa shape index (κ3) is 2.98. The fourth-order valence-corrected chi connectivity index (χ4v) is 3.32. The van der Waals surface area contributed by atoms with Gasteiger partial charge < -0.3 is 10.5 Å². The summed E-state index contributed by atoms with van der Waals surface area (Å²) in [5.41, 5.74) is 5.71. The van der Waals surface area contributed by atoms with Crippen LogP contribution in [0.2, 0.25) is 0 Å². The summed E-state index contributed by atoms with van der Waals surface area (Å²) in [6, 6.07) is 6.29. The monoisotopic (exact) mass is 367 g/mol. The van der Waals surface area contributed by atoms with Gasteiger partial charge in [-0.15, -0.1) is 11.3 Å². The van der Waals surface area contributed by atoms with Gasteiger partial charge in [0.25, 0.3) is 0 Å². The van der Waals surface area contributed by atoms with Gasteiger partial charge in [-0.05, 0) is 24.6 Å². The van der Waals surface area contributed by atoms with Crippen LogP contribution in [0.15, 0.2) is 28.7 Å². The van der Waals surface area contributed by atoms with Crippen molar-refractivity contribution in [2.24, 2.45) is 0 Å². The van der Waals surface area contributed by atoms with Gasteiger partial charge in [0.2, 0.25) is 11.8 Å². The Bertz CT molecular complexity index is 801. The molecule has 0 unspecified atom stereocenters. The minimum atomic E-state index is -0.391. The van der Waals surface area contributed by atoms with Crippen LogP contribution in [0.1, 0.15) is 11.8 Å². The highest BCUT2D eigenvalue weighted by Crippen LogP contribution is 2.34. The van der Waals surface area contributed by atoms with Crippen molar-refractivity contribution in [1.29, 1.82) is 0 Å². The van der Waals surface area contributed by atoms with Crippen molar-refractivity contribution in [2.45, 2.75) is 13.3 Å². The van der Waals surface area contributed by atoms with Crippen LogP contribution in [0.5, 0.6) is 11.6 Å². The standard InChI is InChI=1S/C14H11BrFN3OS/c1-2-10-6-11-12(18-14(17)19-13(11)21-10)20-9-4-7(15)3-8(16)5-9/h3-6H,2H2,1H3,(H2,17,18,19). The summed E-state index contributed by atoms with van der Waals surface area (Å²) in [6.45, 7) is 2.06. The van der Waals surface area contributed by atoms with Crippen molar-refractivity contribution < 1.29 is 9.13 Å². The SMILES string of the molecule is CCc1cc2c(Oc3cc(F)cc(Br)c3)nc(N)nc2s1. The molecule has 0 aliphatic carbocycles. The summed E-state index contributed by atoms with van der Waals surface area (Å²) in [7, 11) is 0. The van der Waals surface area contributed by atoms with Crippen LogP contribution in [-0.2, 0) is 6.42 Å². The van der Waals surface area contributed by atoms with Gasteiger partial charge in [0.05, 0.1) is 5.39 Å². The molecule has 2 N–H and O–H groups in total. The Morgan fingerprint density at radius 2 is 2.10 bits per heavy atom. The summed E-state index contributed by atoms with van der Waals surface area (Å²) in [4.78, 5) is 10.3. The van der Waals surface area contributed by atoms with Crippen molar-refractivity contribution in [2.75, 3.05) is 5.73 Å². The molecule has 4 nitrogen and oxygen atoms in total. The molecule has 0 radical (unpaired) electrons. The molecule has 0 aliphatic heterocycles. The first kappa shape index (κ1) is 14.2. The van der Waals surface area contributed by atoms with Crippen molar-refractivity contribution in [3.63, 3.8) is 0 Å². The first-order chi connectivity index (χ1) is 10.0. The van der Waals surface area contributed by atoms with E-state index in [4.69, 9.17) is 10.5 Å². The summed E-state index contributed by atoms with van der Waals surface area (Å²) in [6.07, 6.45) is 0.895. The molecule has 0 aliphatic rings. The Morgan fingerprint density at radius 1 is 1.29 bits per heavy atom. The van der Waals surface area contributed by atoms with E-state index < -0.39 is 5.82 Å². The predicted octanol–water partition coefficient (Wildman–Crippen LogP) is 4.53. The average Bonchev–Trinajstić information content (AvgIpc) is 2.80. The summed E-state index contributed by atoms with van der Waals surface area (Å²) in [5, 5.41) is 0.784. The molecule has 108 valence electrons. The van der Waals surface area contributed by atoms with Crippen molar-refractivity contribution >= 4 is 43.4 Å². The number of nitrogen functional groups attached to an aromatic ring is 1. The lowest BCUT2D eigenvalue weighted by Crippen LogP contribution is -1.97. The van der Waals surface area contributed by atoms with Gasteiger partial charge in [0, 0.05) is 15.4 Å². The van der Waals surface area contributed by atoms with Crippen LogP contribution in [0, 0.1) is 5.82 Å². The number of halogens is 2. The maximum atomic E-state index is 13.4. The van der Waals surface area contributed by atoms with Crippen molar-refractivity contribution in [3.8, 4) is 11.6 Å². The van der Waals surface area contributed by atoms with Gasteiger partial charge in [-0.2, -0.15) is 4.98 Å². The Kier molecular flexibility index (Phi) is 3.77. The Labute approximate surface area is 132 Å². The normalized spacial score (nSPS) is 11.0. The zero-order valence-corrected chi connectivity index (χ0v) is 13.5. The highest BCUT2D eigenvalue weighted by molar-refractivity contribution is 9.10. The molecule has 0 spiro atoms. The lowest BCUT2D eigenvalue weighted by molar-refractivity contribution is 0.464. The van der Waals surface area contributed by atoms with Gasteiger partial charge in [-0.1, -0.05) is 22.9 Å². The van der Waals surface area contributed by atoms with Crippen molar-refractivity contribution in [3.05, 3.63) is 39.4 Å². The molecule has 3 aromatic rings. The van der Waals surface area contributed by atoms with Crippen LogP contribution in [-0.4, -0.2) is 9.97 Å². The lowest BCUT2D eigenvalue weighted by Gasteiger charge is -2.07. The number of fused-ring (bicyclic) bond motifs is 1. The van der Waals surface area contributed by atoms with E-state index in [1.807, 2.05) is 6.07 Å². The zero-order valence-electron chi connectivity index (χ0n) is 11.1. The van der Waals surface area contributed by atoms with Crippen LogP contribution in [0.3, 0.4) is 0 Å². The van der Waals surface area contributed by atoms with Crippen molar-refractivity contribution in [1.82, 2.24) is 9.97 Å². The Hall–Kier alpha value is -1.73. The molecule has 0 saturated heterocycles. The number of nitrogens with two attached hydrogens (primary N) is 1. The minimum Gasteiger partial charge on any atom is -0.438 e. The van der Waals surface area contributed by atoms with Crippen LogP contribution >= 0.6 is 27.3 Å². The molecular formula is C14H11BrFN3OS. The van der Waals surface area contributed by atoms with Gasteiger partial charge in [-0.3, -0.25) is 0 Å². The summed E-state index contributed by atoms with van der Waals surface area (Å²) < 4.78 is 19.7. The average molecular weight is 368 g/mol. The largest absolute Gasteiger partial charge is 0.438 e. The smallest absolute Gasteiger partial charge is 0.232 e. The number of aromatic nitrogens is 2. The zero-order chi connectivity index (χ0) is 15.0. The van der Waals surface area contributed by atoms with E-state index in [2.05, 4.69) is 32.8 Å². The van der Waals surface area contributed by atoms with Gasteiger partial charge in [0.15, 0.2) is 0 Å². The number of rotatable bonds is 3. The molecule has 3 rings (SSSR count). The Morgan fingerprint density at radius 3 is 2.81 bits per heavy atom. The van der Waals surface area contributed by atoms with E-state index in [1.165, 1.54) is 12.1 Å². The van der Waals surface area contributed by atoms with Crippen LogP contribution in [0.4, 0.5) is 10.3 Å². The molecule has 0 saturated carbocycles. The second-order valence-corrected chi connectivity index (χ2v) is 6.41.